The SMILES string of the molecule is CCn1cnc2cc(C#N)c(C#N)cc21. The fraction of sp³-hybridized carbons (Fsp3) is 0.182. The highest BCUT2D eigenvalue weighted by atomic mass is 15.0. The van der Waals surface area contributed by atoms with Crippen molar-refractivity contribution in [1.29, 1.82) is 10.5 Å². The average molecular weight is 196 g/mol. The molecule has 1 aromatic heterocycles. The zero-order valence-corrected chi connectivity index (χ0v) is 8.23. The zero-order valence-electron chi connectivity index (χ0n) is 8.23. The second kappa shape index (κ2) is 3.43. The van der Waals surface area contributed by atoms with Gasteiger partial charge in [-0.15, -0.1) is 0 Å². The van der Waals surface area contributed by atoms with Gasteiger partial charge >= 0.3 is 0 Å². The van der Waals surface area contributed by atoms with E-state index in [0.717, 1.165) is 17.6 Å². The van der Waals surface area contributed by atoms with Crippen molar-refractivity contribution >= 4 is 11.0 Å². The van der Waals surface area contributed by atoms with Crippen molar-refractivity contribution in [3.63, 3.8) is 0 Å². The molecule has 0 saturated carbocycles. The Balaban J connectivity index is 2.81. The molecule has 0 atom stereocenters. The minimum Gasteiger partial charge on any atom is -0.331 e. The average Bonchev–Trinajstić information content (AvgIpc) is 2.68. The first-order chi connectivity index (χ1) is 7.30. The number of rotatable bonds is 1. The van der Waals surface area contributed by atoms with Gasteiger partial charge in [0.2, 0.25) is 0 Å². The van der Waals surface area contributed by atoms with E-state index in [9.17, 15) is 0 Å². The maximum absolute atomic E-state index is 8.88. The van der Waals surface area contributed by atoms with Gasteiger partial charge in [-0.25, -0.2) is 4.98 Å². The van der Waals surface area contributed by atoms with E-state index in [1.54, 1.807) is 18.5 Å². The fourth-order valence-corrected chi connectivity index (χ4v) is 1.54. The largest absolute Gasteiger partial charge is 0.331 e. The third-order valence-corrected chi connectivity index (χ3v) is 2.34. The van der Waals surface area contributed by atoms with Gasteiger partial charge in [-0.1, -0.05) is 0 Å². The van der Waals surface area contributed by atoms with Crippen LogP contribution in [-0.4, -0.2) is 9.55 Å². The van der Waals surface area contributed by atoms with Crippen LogP contribution < -0.4 is 0 Å². The van der Waals surface area contributed by atoms with Crippen molar-refractivity contribution in [2.45, 2.75) is 13.5 Å². The Bertz CT molecular complexity index is 595. The Labute approximate surface area is 87.0 Å². The molecule has 4 nitrogen and oxygen atoms in total. The first-order valence-corrected chi connectivity index (χ1v) is 4.59. The summed E-state index contributed by atoms with van der Waals surface area (Å²) in [4.78, 5) is 4.18. The number of nitriles is 2. The summed E-state index contributed by atoms with van der Waals surface area (Å²) in [5.74, 6) is 0. The summed E-state index contributed by atoms with van der Waals surface area (Å²) in [6.07, 6.45) is 1.72. The number of fused-ring (bicyclic) bond motifs is 1. The van der Waals surface area contributed by atoms with E-state index in [1.165, 1.54) is 0 Å². The molecule has 0 radical (unpaired) electrons. The molecular formula is C11H8N4. The lowest BCUT2D eigenvalue weighted by atomic mass is 10.1. The van der Waals surface area contributed by atoms with Gasteiger partial charge in [-0.2, -0.15) is 10.5 Å². The van der Waals surface area contributed by atoms with Crippen LogP contribution in [0.1, 0.15) is 18.1 Å². The molecule has 0 aliphatic carbocycles. The van der Waals surface area contributed by atoms with Crippen LogP contribution in [0.3, 0.4) is 0 Å². The number of benzene rings is 1. The van der Waals surface area contributed by atoms with Gasteiger partial charge in [-0.05, 0) is 19.1 Å². The van der Waals surface area contributed by atoms with E-state index in [2.05, 4.69) is 4.98 Å². The predicted molar refractivity (Wildman–Crippen MR) is 54.8 cm³/mol. The van der Waals surface area contributed by atoms with E-state index in [0.29, 0.717) is 11.1 Å². The Morgan fingerprint density at radius 3 is 2.53 bits per heavy atom. The van der Waals surface area contributed by atoms with Crippen molar-refractivity contribution < 1.29 is 0 Å². The zero-order chi connectivity index (χ0) is 10.8. The van der Waals surface area contributed by atoms with E-state index in [-0.39, 0.29) is 0 Å². The molecule has 0 saturated heterocycles. The third kappa shape index (κ3) is 1.33. The summed E-state index contributed by atoms with van der Waals surface area (Å²) in [6.45, 7) is 2.80. The lowest BCUT2D eigenvalue weighted by molar-refractivity contribution is 0.787. The van der Waals surface area contributed by atoms with Crippen LogP contribution in [0.25, 0.3) is 11.0 Å². The lowest BCUT2D eigenvalue weighted by Crippen LogP contribution is -1.92. The lowest BCUT2D eigenvalue weighted by Gasteiger charge is -1.99. The van der Waals surface area contributed by atoms with Crippen molar-refractivity contribution in [3.05, 3.63) is 29.6 Å². The van der Waals surface area contributed by atoms with E-state index < -0.39 is 0 Å². The normalized spacial score (nSPS) is 9.80. The maximum atomic E-state index is 8.88. The molecule has 0 fully saturated rings. The number of aromatic nitrogens is 2. The molecule has 72 valence electrons. The van der Waals surface area contributed by atoms with Crippen LogP contribution >= 0.6 is 0 Å². The van der Waals surface area contributed by atoms with Gasteiger partial charge in [-0.3, -0.25) is 0 Å². The van der Waals surface area contributed by atoms with E-state index in [1.807, 2.05) is 23.6 Å². The number of aryl methyl sites for hydroxylation is 1. The van der Waals surface area contributed by atoms with Gasteiger partial charge < -0.3 is 4.57 Å². The molecule has 4 heteroatoms. The molecule has 0 spiro atoms. The molecule has 0 aliphatic heterocycles. The Morgan fingerprint density at radius 2 is 1.93 bits per heavy atom. The fourth-order valence-electron chi connectivity index (χ4n) is 1.54. The van der Waals surface area contributed by atoms with Crippen molar-refractivity contribution in [2.75, 3.05) is 0 Å². The Hall–Kier alpha value is -2.33. The standard InChI is InChI=1S/C11H8N4/c1-2-15-7-14-10-3-8(5-12)9(6-13)4-11(10)15/h3-4,7H,2H2,1H3. The molecule has 0 amide bonds. The maximum Gasteiger partial charge on any atom is 0.101 e. The van der Waals surface area contributed by atoms with Crippen LogP contribution in [-0.2, 0) is 6.54 Å². The summed E-state index contributed by atoms with van der Waals surface area (Å²) in [6, 6.07) is 7.38. The molecule has 0 unspecified atom stereocenters. The van der Waals surface area contributed by atoms with Gasteiger partial charge in [0.1, 0.15) is 12.1 Å². The van der Waals surface area contributed by atoms with E-state index >= 15 is 0 Å². The monoisotopic (exact) mass is 196 g/mol. The number of nitrogens with zero attached hydrogens (tertiary/aromatic N) is 4. The number of imidazole rings is 1. The molecule has 1 aromatic carbocycles. The van der Waals surface area contributed by atoms with Crippen molar-refractivity contribution in [2.24, 2.45) is 0 Å². The number of hydrogen-bond donors (Lipinski definition) is 0. The van der Waals surface area contributed by atoms with Gasteiger partial charge in [0.15, 0.2) is 0 Å². The Kier molecular flexibility index (Phi) is 2.11. The summed E-state index contributed by atoms with van der Waals surface area (Å²) in [5, 5.41) is 17.7. The minimum absolute atomic E-state index is 0.381. The van der Waals surface area contributed by atoms with E-state index in [4.69, 9.17) is 10.5 Å². The molecule has 2 aromatic rings. The molecule has 2 rings (SSSR count). The second-order valence-electron chi connectivity index (χ2n) is 3.14. The van der Waals surface area contributed by atoms with Gasteiger partial charge in [0.25, 0.3) is 0 Å². The highest BCUT2D eigenvalue weighted by Crippen LogP contribution is 2.18. The highest BCUT2D eigenvalue weighted by Gasteiger charge is 2.07. The smallest absolute Gasteiger partial charge is 0.101 e. The molecule has 0 bridgehead atoms. The van der Waals surface area contributed by atoms with Crippen LogP contribution in [0.5, 0.6) is 0 Å². The predicted octanol–water partition coefficient (Wildman–Crippen LogP) is 1.80. The quantitative estimate of drug-likeness (QED) is 0.698. The summed E-state index contributed by atoms with van der Waals surface area (Å²) in [7, 11) is 0. The number of hydrogen-bond acceptors (Lipinski definition) is 3. The Morgan fingerprint density at radius 1 is 1.27 bits per heavy atom. The second-order valence-corrected chi connectivity index (χ2v) is 3.14. The summed E-state index contributed by atoms with van der Waals surface area (Å²) < 4.78 is 1.94. The van der Waals surface area contributed by atoms with Gasteiger partial charge in [0.05, 0.1) is 28.5 Å². The van der Waals surface area contributed by atoms with Crippen LogP contribution in [0.2, 0.25) is 0 Å². The minimum atomic E-state index is 0.381. The molecular weight excluding hydrogens is 188 g/mol. The van der Waals surface area contributed by atoms with Crippen molar-refractivity contribution in [3.8, 4) is 12.1 Å². The molecule has 1 heterocycles. The van der Waals surface area contributed by atoms with Crippen LogP contribution in [0, 0.1) is 22.7 Å². The molecule has 15 heavy (non-hydrogen) atoms. The topological polar surface area (TPSA) is 65.4 Å². The summed E-state index contributed by atoms with van der Waals surface area (Å²) in [5.41, 5.74) is 2.44. The highest BCUT2D eigenvalue weighted by molar-refractivity contribution is 5.79. The van der Waals surface area contributed by atoms with Gasteiger partial charge in [0, 0.05) is 6.54 Å². The molecule has 0 aliphatic rings. The summed E-state index contributed by atoms with van der Waals surface area (Å²) >= 11 is 0. The van der Waals surface area contributed by atoms with Crippen molar-refractivity contribution in [1.82, 2.24) is 9.55 Å². The van der Waals surface area contributed by atoms with Crippen LogP contribution in [0.15, 0.2) is 18.5 Å². The first-order valence-electron chi connectivity index (χ1n) is 4.59. The van der Waals surface area contributed by atoms with Crippen LogP contribution in [0.4, 0.5) is 0 Å². The first kappa shape index (κ1) is 9.23. The third-order valence-electron chi connectivity index (χ3n) is 2.34. The molecule has 0 N–H and O–H groups in total.